The Kier molecular flexibility index (Phi) is 4.54. The van der Waals surface area contributed by atoms with Gasteiger partial charge in [-0.15, -0.1) is 11.3 Å². The van der Waals surface area contributed by atoms with E-state index in [1.54, 1.807) is 16.2 Å². The van der Waals surface area contributed by atoms with Crippen LogP contribution in [0.4, 0.5) is 4.79 Å². The van der Waals surface area contributed by atoms with Gasteiger partial charge in [0.05, 0.1) is 11.6 Å². The number of rotatable bonds is 2. The molecule has 0 radical (unpaired) electrons. The standard InChI is InChI=1S/C17H19ClN4O2S/c18-15-11-3-1-2-4-13(11)25-14(15)9-20-17(24)22-8-7-21-6-5-19-16(23)12(21)10-22/h1-4,12H,5-10H2,(H,19,23)(H,20,24)/t12-/m0/s1. The van der Waals surface area contributed by atoms with E-state index in [-0.39, 0.29) is 18.0 Å². The molecule has 2 N–H and O–H groups in total. The first-order chi connectivity index (χ1) is 12.1. The van der Waals surface area contributed by atoms with Gasteiger partial charge >= 0.3 is 6.03 Å². The molecule has 2 aliphatic heterocycles. The first kappa shape index (κ1) is 16.6. The van der Waals surface area contributed by atoms with E-state index in [0.717, 1.165) is 28.1 Å². The maximum Gasteiger partial charge on any atom is 0.317 e. The number of benzene rings is 1. The first-order valence-corrected chi connectivity index (χ1v) is 9.53. The largest absolute Gasteiger partial charge is 0.353 e. The summed E-state index contributed by atoms with van der Waals surface area (Å²) in [5.41, 5.74) is 0. The number of carbonyl (C=O) groups is 2. The van der Waals surface area contributed by atoms with Crippen molar-refractivity contribution < 1.29 is 9.59 Å². The molecule has 0 unspecified atom stereocenters. The van der Waals surface area contributed by atoms with Crippen molar-refractivity contribution >= 4 is 45.0 Å². The Morgan fingerprint density at radius 3 is 3.00 bits per heavy atom. The van der Waals surface area contributed by atoms with Crippen molar-refractivity contribution in [1.29, 1.82) is 0 Å². The molecule has 3 heterocycles. The predicted molar refractivity (Wildman–Crippen MR) is 99.0 cm³/mol. The zero-order valence-corrected chi connectivity index (χ0v) is 15.2. The molecule has 2 fully saturated rings. The summed E-state index contributed by atoms with van der Waals surface area (Å²) in [5.74, 6) is 0.0105. The molecule has 4 rings (SSSR count). The van der Waals surface area contributed by atoms with Crippen LogP contribution in [0.3, 0.4) is 0 Å². The van der Waals surface area contributed by atoms with Crippen molar-refractivity contribution in [2.24, 2.45) is 0 Å². The highest BCUT2D eigenvalue weighted by molar-refractivity contribution is 7.19. The molecule has 1 atom stereocenters. The average molecular weight is 379 g/mol. The van der Waals surface area contributed by atoms with Crippen LogP contribution in [0.5, 0.6) is 0 Å². The number of hydrogen-bond donors (Lipinski definition) is 2. The van der Waals surface area contributed by atoms with E-state index in [9.17, 15) is 9.59 Å². The second-order valence-corrected chi connectivity index (χ2v) is 7.80. The molecule has 2 aromatic rings. The Bertz CT molecular complexity index is 824. The molecule has 132 valence electrons. The highest BCUT2D eigenvalue weighted by atomic mass is 35.5. The zero-order chi connectivity index (χ0) is 17.4. The Balaban J connectivity index is 1.40. The quantitative estimate of drug-likeness (QED) is 0.838. The van der Waals surface area contributed by atoms with Gasteiger partial charge in [0.1, 0.15) is 6.04 Å². The molecule has 3 amide bonds. The van der Waals surface area contributed by atoms with Crippen LogP contribution in [-0.4, -0.2) is 60.5 Å². The zero-order valence-electron chi connectivity index (χ0n) is 13.6. The van der Waals surface area contributed by atoms with E-state index >= 15 is 0 Å². The molecule has 1 aromatic heterocycles. The van der Waals surface area contributed by atoms with Crippen LogP contribution < -0.4 is 10.6 Å². The van der Waals surface area contributed by atoms with Crippen LogP contribution in [0, 0.1) is 0 Å². The lowest BCUT2D eigenvalue weighted by Crippen LogP contribution is -2.65. The summed E-state index contributed by atoms with van der Waals surface area (Å²) >= 11 is 8.02. The number of nitrogens with zero attached hydrogens (tertiary/aromatic N) is 2. The van der Waals surface area contributed by atoms with Crippen LogP contribution in [0.1, 0.15) is 4.88 Å². The summed E-state index contributed by atoms with van der Waals surface area (Å²) < 4.78 is 1.12. The molecule has 0 bridgehead atoms. The van der Waals surface area contributed by atoms with E-state index in [1.165, 1.54) is 0 Å². The summed E-state index contributed by atoms with van der Waals surface area (Å²) in [6, 6.07) is 7.57. The lowest BCUT2D eigenvalue weighted by Gasteiger charge is -2.42. The summed E-state index contributed by atoms with van der Waals surface area (Å²) in [5, 5.41) is 7.53. The minimum Gasteiger partial charge on any atom is -0.353 e. The highest BCUT2D eigenvalue weighted by Gasteiger charge is 2.36. The molecule has 8 heteroatoms. The van der Waals surface area contributed by atoms with E-state index in [1.807, 2.05) is 24.3 Å². The third-order valence-electron chi connectivity index (χ3n) is 4.78. The van der Waals surface area contributed by atoms with Gasteiger partial charge in [-0.05, 0) is 6.07 Å². The number of hydrogen-bond acceptors (Lipinski definition) is 4. The normalized spacial score (nSPS) is 21.1. The molecular formula is C17H19ClN4O2S. The fourth-order valence-corrected chi connectivity index (χ4v) is 4.85. The Morgan fingerprint density at radius 2 is 2.16 bits per heavy atom. The number of piperazine rings is 2. The van der Waals surface area contributed by atoms with Gasteiger partial charge in [0.2, 0.25) is 5.91 Å². The van der Waals surface area contributed by atoms with Crippen LogP contribution in [0.2, 0.25) is 5.02 Å². The van der Waals surface area contributed by atoms with E-state index < -0.39 is 0 Å². The molecule has 0 spiro atoms. The smallest absolute Gasteiger partial charge is 0.317 e. The lowest BCUT2D eigenvalue weighted by molar-refractivity contribution is -0.131. The number of amides is 3. The number of thiophene rings is 1. The molecule has 2 saturated heterocycles. The van der Waals surface area contributed by atoms with Gasteiger partial charge in [0.25, 0.3) is 0 Å². The van der Waals surface area contributed by atoms with Crippen molar-refractivity contribution in [1.82, 2.24) is 20.4 Å². The maximum atomic E-state index is 12.5. The van der Waals surface area contributed by atoms with Gasteiger partial charge in [0, 0.05) is 47.7 Å². The third-order valence-corrected chi connectivity index (χ3v) is 6.50. The van der Waals surface area contributed by atoms with Gasteiger partial charge in [-0.2, -0.15) is 0 Å². The van der Waals surface area contributed by atoms with Gasteiger partial charge in [-0.25, -0.2) is 4.79 Å². The van der Waals surface area contributed by atoms with Gasteiger partial charge in [0.15, 0.2) is 0 Å². The van der Waals surface area contributed by atoms with Crippen molar-refractivity contribution in [3.63, 3.8) is 0 Å². The predicted octanol–water partition coefficient (Wildman–Crippen LogP) is 1.88. The third kappa shape index (κ3) is 3.19. The molecule has 2 aliphatic rings. The van der Waals surface area contributed by atoms with Crippen molar-refractivity contribution in [3.8, 4) is 0 Å². The lowest BCUT2D eigenvalue weighted by atomic mass is 10.1. The minimum absolute atomic E-state index is 0.0105. The molecule has 6 nitrogen and oxygen atoms in total. The summed E-state index contributed by atoms with van der Waals surface area (Å²) in [6.07, 6.45) is 0. The molecule has 1 aromatic carbocycles. The average Bonchev–Trinajstić information content (AvgIpc) is 2.96. The first-order valence-electron chi connectivity index (χ1n) is 8.34. The highest BCUT2D eigenvalue weighted by Crippen LogP contribution is 2.34. The summed E-state index contributed by atoms with van der Waals surface area (Å²) in [6.45, 7) is 3.73. The minimum atomic E-state index is -0.235. The number of carbonyl (C=O) groups excluding carboxylic acids is 2. The Labute approximate surface area is 154 Å². The number of fused-ring (bicyclic) bond motifs is 2. The fourth-order valence-electron chi connectivity index (χ4n) is 3.41. The van der Waals surface area contributed by atoms with Crippen LogP contribution in [-0.2, 0) is 11.3 Å². The van der Waals surface area contributed by atoms with Crippen LogP contribution in [0.15, 0.2) is 24.3 Å². The van der Waals surface area contributed by atoms with E-state index in [2.05, 4.69) is 15.5 Å². The number of halogens is 1. The van der Waals surface area contributed by atoms with Gasteiger partial charge in [-0.3, -0.25) is 9.69 Å². The maximum absolute atomic E-state index is 12.5. The molecule has 0 aliphatic carbocycles. The SMILES string of the molecule is O=C1NCCN2CCN(C(=O)NCc3sc4ccccc4c3Cl)C[C@@H]12. The van der Waals surface area contributed by atoms with Gasteiger partial charge in [-0.1, -0.05) is 29.8 Å². The van der Waals surface area contributed by atoms with Crippen LogP contribution in [0.25, 0.3) is 10.1 Å². The van der Waals surface area contributed by atoms with E-state index in [4.69, 9.17) is 11.6 Å². The summed E-state index contributed by atoms with van der Waals surface area (Å²) in [7, 11) is 0. The van der Waals surface area contributed by atoms with Gasteiger partial charge < -0.3 is 15.5 Å². The second kappa shape index (κ2) is 6.82. The topological polar surface area (TPSA) is 64.7 Å². The monoisotopic (exact) mass is 378 g/mol. The number of urea groups is 1. The fraction of sp³-hybridized carbons (Fsp3) is 0.412. The molecular weight excluding hydrogens is 360 g/mol. The molecule has 25 heavy (non-hydrogen) atoms. The number of nitrogens with one attached hydrogen (secondary N) is 2. The van der Waals surface area contributed by atoms with Crippen molar-refractivity contribution in [2.75, 3.05) is 32.7 Å². The van der Waals surface area contributed by atoms with Crippen molar-refractivity contribution in [2.45, 2.75) is 12.6 Å². The van der Waals surface area contributed by atoms with E-state index in [0.29, 0.717) is 31.2 Å². The molecule has 0 saturated carbocycles. The van der Waals surface area contributed by atoms with Crippen molar-refractivity contribution in [3.05, 3.63) is 34.2 Å². The Hall–Kier alpha value is -1.83. The summed E-state index contributed by atoms with van der Waals surface area (Å²) in [4.78, 5) is 29.3. The van der Waals surface area contributed by atoms with Crippen LogP contribution >= 0.6 is 22.9 Å². The second-order valence-electron chi connectivity index (χ2n) is 6.28. The Morgan fingerprint density at radius 1 is 1.32 bits per heavy atom.